The van der Waals surface area contributed by atoms with Gasteiger partial charge in [0.1, 0.15) is 0 Å². The van der Waals surface area contributed by atoms with Crippen molar-refractivity contribution in [1.29, 1.82) is 0 Å². The van der Waals surface area contributed by atoms with Crippen molar-refractivity contribution < 1.29 is 66.4 Å². The van der Waals surface area contributed by atoms with E-state index in [9.17, 15) is 9.90 Å². The van der Waals surface area contributed by atoms with Crippen LogP contribution in [0.2, 0.25) is 0 Å². The van der Waals surface area contributed by atoms with Crippen LogP contribution in [0, 0.1) is 6.07 Å². The molecule has 0 atom stereocenters. The topological polar surface area (TPSA) is 86.4 Å². The maximum absolute atomic E-state index is 10.2. The Hall–Kier alpha value is -0.0736. The van der Waals surface area contributed by atoms with Crippen molar-refractivity contribution in [2.75, 3.05) is 5.73 Å². The van der Waals surface area contributed by atoms with Crippen LogP contribution >= 0.6 is 0 Å². The summed E-state index contributed by atoms with van der Waals surface area (Å²) in [5.74, 6) is -1.93. The second-order valence-corrected chi connectivity index (χ2v) is 1.98. The van der Waals surface area contributed by atoms with Crippen LogP contribution in [-0.2, 0) is 0 Å². The molecule has 0 heterocycles. The fourth-order valence-corrected chi connectivity index (χ4v) is 0.662. The summed E-state index contributed by atoms with van der Waals surface area (Å²) in [6, 6.07) is 4.65. The van der Waals surface area contributed by atoms with Crippen LogP contribution in [0.1, 0.15) is 10.4 Å². The first kappa shape index (κ1) is 11.9. The van der Waals surface area contributed by atoms with E-state index in [0.717, 1.165) is 6.07 Å². The molecule has 0 bridgehead atoms. The summed E-state index contributed by atoms with van der Waals surface area (Å²) in [5, 5.41) is 19.1. The van der Waals surface area contributed by atoms with E-state index in [1.54, 1.807) is 0 Å². The van der Waals surface area contributed by atoms with Crippen molar-refractivity contribution in [3.8, 4) is 5.75 Å². The van der Waals surface area contributed by atoms with Crippen molar-refractivity contribution in [2.45, 2.75) is 0 Å². The molecule has 0 unspecified atom stereocenters. The van der Waals surface area contributed by atoms with Crippen LogP contribution in [0.4, 0.5) is 5.69 Å². The first-order valence-corrected chi connectivity index (χ1v) is 2.83. The Morgan fingerprint density at radius 3 is 2.67 bits per heavy atom. The molecule has 0 amide bonds. The van der Waals surface area contributed by atoms with E-state index in [1.807, 2.05) is 0 Å². The van der Waals surface area contributed by atoms with Gasteiger partial charge in [0, 0.05) is 11.7 Å². The number of nitrogens with two attached hydrogens (primary N) is 1. The zero-order valence-corrected chi connectivity index (χ0v) is 9.62. The van der Waals surface area contributed by atoms with Crippen molar-refractivity contribution >= 4 is 11.7 Å². The largest absolute Gasteiger partial charge is 1.00 e. The molecule has 0 aliphatic heterocycles. The van der Waals surface area contributed by atoms with Gasteiger partial charge in [0.2, 0.25) is 0 Å². The van der Waals surface area contributed by atoms with Gasteiger partial charge in [-0.1, -0.05) is 11.3 Å². The molecular formula is C7H5KNO3-. The van der Waals surface area contributed by atoms with Crippen molar-refractivity contribution in [3.05, 3.63) is 23.8 Å². The molecule has 58 valence electrons. The molecule has 0 fully saturated rings. The third-order valence-electron chi connectivity index (χ3n) is 1.16. The Kier molecular flexibility index (Phi) is 4.80. The third kappa shape index (κ3) is 2.76. The predicted molar refractivity (Wildman–Crippen MR) is 35.7 cm³/mol. The first-order valence-electron chi connectivity index (χ1n) is 2.83. The molecule has 0 saturated heterocycles. The van der Waals surface area contributed by atoms with E-state index >= 15 is 0 Å². The molecule has 1 aromatic rings. The molecule has 0 radical (unpaired) electrons. The monoisotopic (exact) mass is 190 g/mol. The number of rotatable bonds is 1. The molecule has 0 aliphatic rings. The number of carboxylic acid groups (broad SMARTS) is 1. The second-order valence-electron chi connectivity index (χ2n) is 1.98. The number of anilines is 1. The number of carboxylic acids is 1. The quantitative estimate of drug-likeness (QED) is 0.205. The van der Waals surface area contributed by atoms with Crippen LogP contribution < -0.4 is 62.2 Å². The average Bonchev–Trinajstić information content (AvgIpc) is 1.94. The minimum atomic E-state index is -1.47. The van der Waals surface area contributed by atoms with Gasteiger partial charge in [0.05, 0.1) is 0 Å². The van der Waals surface area contributed by atoms with Gasteiger partial charge in [-0.3, -0.25) is 0 Å². The summed E-state index contributed by atoms with van der Waals surface area (Å²) in [6.07, 6.45) is 0. The van der Waals surface area contributed by atoms with Crippen LogP contribution in [0.25, 0.3) is 0 Å². The Bertz CT molecular complexity index is 301. The number of carbonyl (C=O) groups excluding carboxylic acids is 1. The number of nitrogen functional groups attached to an aromatic ring is 1. The van der Waals surface area contributed by atoms with Gasteiger partial charge >= 0.3 is 51.4 Å². The number of hydrogen-bond donors (Lipinski definition) is 2. The van der Waals surface area contributed by atoms with Crippen LogP contribution in [0.15, 0.2) is 12.1 Å². The van der Waals surface area contributed by atoms with E-state index < -0.39 is 11.7 Å². The maximum atomic E-state index is 10.2. The zero-order chi connectivity index (χ0) is 8.43. The van der Waals surface area contributed by atoms with Crippen molar-refractivity contribution in [2.24, 2.45) is 0 Å². The van der Waals surface area contributed by atoms with Crippen molar-refractivity contribution in [1.82, 2.24) is 0 Å². The van der Waals surface area contributed by atoms with Gasteiger partial charge in [-0.05, 0) is 0 Å². The summed E-state index contributed by atoms with van der Waals surface area (Å²) in [4.78, 5) is 10.2. The van der Waals surface area contributed by atoms with E-state index in [-0.39, 0.29) is 62.6 Å². The average molecular weight is 190 g/mol. The van der Waals surface area contributed by atoms with Crippen molar-refractivity contribution in [3.63, 3.8) is 0 Å². The number of carbonyl (C=O) groups is 1. The Morgan fingerprint density at radius 1 is 1.67 bits per heavy atom. The fraction of sp³-hybridized carbons (Fsp3) is 0. The smallest absolute Gasteiger partial charge is 0.559 e. The summed E-state index contributed by atoms with van der Waals surface area (Å²) >= 11 is 0. The maximum Gasteiger partial charge on any atom is 1.00 e. The molecular weight excluding hydrogens is 185 g/mol. The molecule has 5 heteroatoms. The van der Waals surface area contributed by atoms with Gasteiger partial charge in [-0.25, -0.2) is 0 Å². The van der Waals surface area contributed by atoms with Gasteiger partial charge < -0.3 is 20.7 Å². The summed E-state index contributed by atoms with van der Waals surface area (Å²) < 4.78 is 0. The molecule has 0 aliphatic carbocycles. The second kappa shape index (κ2) is 4.83. The molecule has 0 aromatic heterocycles. The standard InChI is InChI=1S/C7H6NO3.K/c8-4-1-2-6(9)5(3-4)7(10)11;/h1,3,9H,8H2,(H,10,11);/q-1;+1/p-1. The normalized spacial score (nSPS) is 8.67. The Labute approximate surface area is 112 Å². The minimum absolute atomic E-state index is 0. The zero-order valence-electron chi connectivity index (χ0n) is 6.50. The minimum Gasteiger partial charge on any atom is -0.559 e. The van der Waals surface area contributed by atoms with Gasteiger partial charge in [0.15, 0.2) is 0 Å². The number of benzene rings is 1. The molecule has 0 saturated carbocycles. The summed E-state index contributed by atoms with van der Waals surface area (Å²) in [5.41, 5.74) is 5.11. The van der Waals surface area contributed by atoms with E-state index in [1.165, 1.54) is 6.07 Å². The number of aromatic carboxylic acids is 1. The molecule has 3 N–H and O–H groups in total. The van der Waals surface area contributed by atoms with Crippen LogP contribution in [0.5, 0.6) is 5.75 Å². The molecule has 1 rings (SSSR count). The van der Waals surface area contributed by atoms with Gasteiger partial charge in [0.25, 0.3) is 0 Å². The first-order chi connectivity index (χ1) is 5.11. The molecule has 4 nitrogen and oxygen atoms in total. The van der Waals surface area contributed by atoms with Crippen LogP contribution in [-0.4, -0.2) is 11.1 Å². The number of hydrogen-bond acceptors (Lipinski definition) is 4. The van der Waals surface area contributed by atoms with Gasteiger partial charge in [-0.2, -0.15) is 6.07 Å². The van der Waals surface area contributed by atoms with Crippen LogP contribution in [0.3, 0.4) is 0 Å². The number of phenols is 1. The predicted octanol–water partition coefficient (Wildman–Crippen LogP) is -3.86. The van der Waals surface area contributed by atoms with E-state index in [2.05, 4.69) is 6.07 Å². The summed E-state index contributed by atoms with van der Waals surface area (Å²) in [7, 11) is 0. The molecule has 1 aromatic carbocycles. The van der Waals surface area contributed by atoms with E-state index in [4.69, 9.17) is 10.8 Å². The van der Waals surface area contributed by atoms with Gasteiger partial charge in [-0.15, -0.1) is 12.1 Å². The Balaban J connectivity index is 0.00000121. The molecule has 12 heavy (non-hydrogen) atoms. The fourth-order valence-electron chi connectivity index (χ4n) is 0.662. The Morgan fingerprint density at radius 2 is 2.25 bits per heavy atom. The number of aromatic hydroxyl groups is 1. The van der Waals surface area contributed by atoms with E-state index in [0.29, 0.717) is 0 Å². The summed E-state index contributed by atoms with van der Waals surface area (Å²) in [6.45, 7) is 0. The molecule has 0 spiro atoms. The SMILES string of the molecule is Nc1c[c-]c(O)c(C(=O)[O-])c1.[K+]. The third-order valence-corrected chi connectivity index (χ3v) is 1.16.